The van der Waals surface area contributed by atoms with Gasteiger partial charge in [-0.3, -0.25) is 4.79 Å². The molecule has 2 rings (SSSR count). The Labute approximate surface area is 93.1 Å². The van der Waals surface area contributed by atoms with Gasteiger partial charge in [-0.2, -0.15) is 13.2 Å². The molecule has 0 fully saturated rings. The van der Waals surface area contributed by atoms with Gasteiger partial charge in [0.25, 0.3) is 0 Å². The van der Waals surface area contributed by atoms with Gasteiger partial charge in [0.15, 0.2) is 5.43 Å². The van der Waals surface area contributed by atoms with Crippen molar-refractivity contribution < 1.29 is 22.7 Å². The number of phenols is 1. The molecule has 0 aliphatic carbocycles. The van der Waals surface area contributed by atoms with Crippen LogP contribution in [-0.2, 0) is 6.18 Å². The van der Waals surface area contributed by atoms with Crippen LogP contribution in [0, 0.1) is 6.92 Å². The van der Waals surface area contributed by atoms with Gasteiger partial charge in [0.1, 0.15) is 11.3 Å². The molecule has 17 heavy (non-hydrogen) atoms. The van der Waals surface area contributed by atoms with Gasteiger partial charge in [-0.1, -0.05) is 0 Å². The van der Waals surface area contributed by atoms with Gasteiger partial charge >= 0.3 is 6.18 Å². The van der Waals surface area contributed by atoms with Gasteiger partial charge in [-0.25, -0.2) is 0 Å². The molecule has 0 amide bonds. The maximum atomic E-state index is 12.4. The van der Waals surface area contributed by atoms with Crippen molar-refractivity contribution >= 4 is 11.0 Å². The summed E-state index contributed by atoms with van der Waals surface area (Å²) in [5, 5.41) is 9.37. The molecule has 2 aromatic rings. The number of hydrogen-bond acceptors (Lipinski definition) is 3. The van der Waals surface area contributed by atoms with Crippen LogP contribution >= 0.6 is 0 Å². The van der Waals surface area contributed by atoms with Crippen LogP contribution in [0.5, 0.6) is 5.75 Å². The standard InChI is InChI=1S/C11H7F3O3/c1-5-7(15)3-2-6-8(16)4-9(11(12,13)14)17-10(5)6/h2-4,15H,1H3. The lowest BCUT2D eigenvalue weighted by molar-refractivity contribution is -0.152. The number of hydrogen-bond donors (Lipinski definition) is 1. The minimum Gasteiger partial charge on any atom is -0.508 e. The minimum absolute atomic E-state index is 0.00769. The van der Waals surface area contributed by atoms with E-state index in [2.05, 4.69) is 4.42 Å². The summed E-state index contributed by atoms with van der Waals surface area (Å²) in [6.45, 7) is 1.38. The Morgan fingerprint density at radius 1 is 1.29 bits per heavy atom. The van der Waals surface area contributed by atoms with E-state index in [9.17, 15) is 23.1 Å². The van der Waals surface area contributed by atoms with Crippen LogP contribution in [0.3, 0.4) is 0 Å². The Bertz CT molecular complexity index is 641. The fourth-order valence-corrected chi connectivity index (χ4v) is 1.48. The van der Waals surface area contributed by atoms with Crippen molar-refractivity contribution in [2.24, 2.45) is 0 Å². The molecule has 0 spiro atoms. The lowest BCUT2D eigenvalue weighted by atomic mass is 10.1. The molecule has 1 N–H and O–H groups in total. The van der Waals surface area contributed by atoms with Crippen LogP contribution in [0.1, 0.15) is 11.3 Å². The highest BCUT2D eigenvalue weighted by atomic mass is 19.4. The van der Waals surface area contributed by atoms with Crippen molar-refractivity contribution in [3.63, 3.8) is 0 Å². The number of phenolic OH excluding ortho intramolecular Hbond substituents is 1. The highest BCUT2D eigenvalue weighted by molar-refractivity contribution is 5.81. The van der Waals surface area contributed by atoms with Gasteiger partial charge < -0.3 is 9.52 Å². The number of halogens is 3. The zero-order chi connectivity index (χ0) is 12.8. The molecule has 1 aromatic carbocycles. The third-order valence-corrected chi connectivity index (χ3v) is 2.40. The van der Waals surface area contributed by atoms with Gasteiger partial charge in [0.05, 0.1) is 5.39 Å². The molecule has 3 nitrogen and oxygen atoms in total. The van der Waals surface area contributed by atoms with Gasteiger partial charge in [-0.15, -0.1) is 0 Å². The number of fused-ring (bicyclic) bond motifs is 1. The first-order chi connectivity index (χ1) is 7.80. The molecular weight excluding hydrogens is 237 g/mol. The van der Waals surface area contributed by atoms with E-state index in [-0.39, 0.29) is 22.3 Å². The van der Waals surface area contributed by atoms with Crippen LogP contribution in [0.25, 0.3) is 11.0 Å². The average Bonchev–Trinajstić information content (AvgIpc) is 2.22. The number of aromatic hydroxyl groups is 1. The second-order valence-corrected chi connectivity index (χ2v) is 3.56. The Kier molecular flexibility index (Phi) is 2.38. The fraction of sp³-hybridized carbons (Fsp3) is 0.182. The van der Waals surface area contributed by atoms with Gasteiger partial charge in [-0.05, 0) is 19.1 Å². The first-order valence-electron chi connectivity index (χ1n) is 4.64. The third kappa shape index (κ3) is 1.86. The first-order valence-corrected chi connectivity index (χ1v) is 4.64. The first kappa shape index (κ1) is 11.5. The number of aryl methyl sites for hydroxylation is 1. The summed E-state index contributed by atoms with van der Waals surface area (Å²) in [7, 11) is 0. The second kappa shape index (κ2) is 3.51. The van der Waals surface area contributed by atoms with E-state index in [4.69, 9.17) is 0 Å². The molecular formula is C11H7F3O3. The molecule has 1 aromatic heterocycles. The molecule has 1 heterocycles. The highest BCUT2D eigenvalue weighted by Crippen LogP contribution is 2.32. The van der Waals surface area contributed by atoms with E-state index in [0.29, 0.717) is 6.07 Å². The molecule has 0 saturated heterocycles. The molecule has 0 aliphatic rings. The molecule has 6 heteroatoms. The lowest BCUT2D eigenvalue weighted by Gasteiger charge is -2.08. The van der Waals surface area contributed by atoms with E-state index in [1.165, 1.54) is 19.1 Å². The minimum atomic E-state index is -4.73. The molecule has 0 bridgehead atoms. The van der Waals surface area contributed by atoms with Crippen molar-refractivity contribution in [3.8, 4) is 5.75 Å². The highest BCUT2D eigenvalue weighted by Gasteiger charge is 2.35. The zero-order valence-electron chi connectivity index (χ0n) is 8.63. The summed E-state index contributed by atoms with van der Waals surface area (Å²) in [5.74, 6) is -1.59. The zero-order valence-corrected chi connectivity index (χ0v) is 8.63. The average molecular weight is 244 g/mol. The van der Waals surface area contributed by atoms with E-state index >= 15 is 0 Å². The fourth-order valence-electron chi connectivity index (χ4n) is 1.48. The second-order valence-electron chi connectivity index (χ2n) is 3.56. The molecule has 0 saturated carbocycles. The van der Waals surface area contributed by atoms with Crippen LogP contribution in [0.15, 0.2) is 27.4 Å². The summed E-state index contributed by atoms with van der Waals surface area (Å²) >= 11 is 0. The quantitative estimate of drug-likeness (QED) is 0.775. The van der Waals surface area contributed by atoms with Crippen molar-refractivity contribution in [2.45, 2.75) is 13.1 Å². The topological polar surface area (TPSA) is 50.4 Å². The predicted octanol–water partition coefficient (Wildman–Crippen LogP) is 2.83. The van der Waals surface area contributed by atoms with Crippen molar-refractivity contribution in [2.75, 3.05) is 0 Å². The van der Waals surface area contributed by atoms with Crippen LogP contribution in [0.2, 0.25) is 0 Å². The van der Waals surface area contributed by atoms with Crippen molar-refractivity contribution in [1.82, 2.24) is 0 Å². The summed E-state index contributed by atoms with van der Waals surface area (Å²) in [5.41, 5.74) is -0.933. The van der Waals surface area contributed by atoms with E-state index < -0.39 is 17.4 Å². The maximum absolute atomic E-state index is 12.4. The summed E-state index contributed by atoms with van der Waals surface area (Å²) in [6.07, 6.45) is -4.73. The van der Waals surface area contributed by atoms with E-state index in [1.54, 1.807) is 0 Å². The third-order valence-electron chi connectivity index (χ3n) is 2.40. The summed E-state index contributed by atoms with van der Waals surface area (Å²) in [6, 6.07) is 2.87. The molecule has 0 aliphatic heterocycles. The van der Waals surface area contributed by atoms with Gasteiger partial charge in [0, 0.05) is 11.6 Å². The predicted molar refractivity (Wildman–Crippen MR) is 53.9 cm³/mol. The summed E-state index contributed by atoms with van der Waals surface area (Å²) in [4.78, 5) is 11.5. The normalized spacial score (nSPS) is 12.0. The Balaban J connectivity index is 2.89. The number of rotatable bonds is 0. The Morgan fingerprint density at radius 3 is 2.53 bits per heavy atom. The molecule has 0 unspecified atom stereocenters. The molecule has 0 radical (unpaired) electrons. The van der Waals surface area contributed by atoms with Crippen molar-refractivity contribution in [1.29, 1.82) is 0 Å². The maximum Gasteiger partial charge on any atom is 0.449 e. The Morgan fingerprint density at radius 2 is 1.94 bits per heavy atom. The van der Waals surface area contributed by atoms with Crippen LogP contribution < -0.4 is 5.43 Å². The van der Waals surface area contributed by atoms with Crippen LogP contribution in [0.4, 0.5) is 13.2 Å². The Hall–Kier alpha value is -1.98. The molecule has 0 atom stereocenters. The lowest BCUT2D eigenvalue weighted by Crippen LogP contribution is -2.11. The monoisotopic (exact) mass is 244 g/mol. The summed E-state index contributed by atoms with van der Waals surface area (Å²) < 4.78 is 41.9. The van der Waals surface area contributed by atoms with Crippen LogP contribution in [-0.4, -0.2) is 5.11 Å². The smallest absolute Gasteiger partial charge is 0.449 e. The van der Waals surface area contributed by atoms with Gasteiger partial charge in [0.2, 0.25) is 5.76 Å². The van der Waals surface area contributed by atoms with Crippen molar-refractivity contribution in [3.05, 3.63) is 39.7 Å². The largest absolute Gasteiger partial charge is 0.508 e. The molecule has 90 valence electrons. The SMILES string of the molecule is Cc1c(O)ccc2c(=O)cc(C(F)(F)F)oc12. The van der Waals surface area contributed by atoms with E-state index in [1.807, 2.05) is 0 Å². The van der Waals surface area contributed by atoms with E-state index in [0.717, 1.165) is 0 Å². The number of alkyl halides is 3. The number of benzene rings is 1.